The Morgan fingerprint density at radius 3 is 2.58 bits per heavy atom. The molecule has 0 aliphatic rings. The molecule has 2 aromatic heterocycles. The standard InChI is InChI=1S/C26H20F3N5OS/c1-15-5-10-21-22(11-15)34-24(33-21)16-6-8-18(9-7-16)30-23(35)13-20-14-36-25(32-20)31-19-4-2-3-17(12-19)26(27,28)29/h2-12,14H,13H2,1H3,(H,30,35)(H,31,32)(H,33,34). The first-order valence-corrected chi connectivity index (χ1v) is 11.9. The molecule has 36 heavy (non-hydrogen) atoms. The molecular formula is C26H20F3N5OS. The first-order valence-electron chi connectivity index (χ1n) is 11.0. The number of H-pyrrole nitrogens is 1. The minimum Gasteiger partial charge on any atom is -0.338 e. The fourth-order valence-corrected chi connectivity index (χ4v) is 4.41. The van der Waals surface area contributed by atoms with Crippen molar-refractivity contribution in [3.8, 4) is 11.4 Å². The third-order valence-corrected chi connectivity index (χ3v) is 6.22. The van der Waals surface area contributed by atoms with Gasteiger partial charge < -0.3 is 15.6 Å². The van der Waals surface area contributed by atoms with E-state index in [1.165, 1.54) is 23.5 Å². The number of benzene rings is 3. The van der Waals surface area contributed by atoms with E-state index in [0.29, 0.717) is 16.5 Å². The van der Waals surface area contributed by atoms with Crippen molar-refractivity contribution in [3.63, 3.8) is 0 Å². The maximum absolute atomic E-state index is 12.9. The van der Waals surface area contributed by atoms with Gasteiger partial charge in [0.2, 0.25) is 5.91 Å². The number of hydrogen-bond donors (Lipinski definition) is 3. The number of amides is 1. The zero-order valence-corrected chi connectivity index (χ0v) is 19.8. The summed E-state index contributed by atoms with van der Waals surface area (Å²) in [5.74, 6) is 0.495. The van der Waals surface area contributed by atoms with E-state index in [0.717, 1.165) is 40.1 Å². The summed E-state index contributed by atoms with van der Waals surface area (Å²) < 4.78 is 38.7. The predicted octanol–water partition coefficient (Wildman–Crippen LogP) is 6.94. The summed E-state index contributed by atoms with van der Waals surface area (Å²) in [6, 6.07) is 18.3. The molecule has 0 spiro atoms. The summed E-state index contributed by atoms with van der Waals surface area (Å²) >= 11 is 1.21. The van der Waals surface area contributed by atoms with Crippen LogP contribution >= 0.6 is 11.3 Å². The lowest BCUT2D eigenvalue weighted by Gasteiger charge is -2.09. The lowest BCUT2D eigenvalue weighted by molar-refractivity contribution is -0.137. The van der Waals surface area contributed by atoms with Crippen molar-refractivity contribution >= 4 is 44.8 Å². The number of hydrogen-bond acceptors (Lipinski definition) is 5. The number of aryl methyl sites for hydroxylation is 1. The first-order chi connectivity index (χ1) is 17.2. The number of carbonyl (C=O) groups excluding carboxylic acids is 1. The van der Waals surface area contributed by atoms with E-state index in [1.54, 1.807) is 17.5 Å². The highest BCUT2D eigenvalue weighted by Gasteiger charge is 2.30. The number of halogens is 3. The molecule has 0 saturated heterocycles. The average Bonchev–Trinajstić information content (AvgIpc) is 3.45. The normalized spacial score (nSPS) is 11.6. The third-order valence-electron chi connectivity index (χ3n) is 5.41. The van der Waals surface area contributed by atoms with Crippen LogP contribution in [-0.4, -0.2) is 20.9 Å². The smallest absolute Gasteiger partial charge is 0.338 e. The Balaban J connectivity index is 1.20. The maximum Gasteiger partial charge on any atom is 0.416 e. The van der Waals surface area contributed by atoms with Gasteiger partial charge in [0.1, 0.15) is 5.82 Å². The number of rotatable bonds is 6. The van der Waals surface area contributed by atoms with Crippen LogP contribution in [0.3, 0.4) is 0 Å². The van der Waals surface area contributed by atoms with E-state index in [4.69, 9.17) is 0 Å². The Labute approximate surface area is 208 Å². The van der Waals surface area contributed by atoms with Gasteiger partial charge in [0.05, 0.1) is 28.7 Å². The van der Waals surface area contributed by atoms with E-state index < -0.39 is 11.7 Å². The molecule has 0 aliphatic carbocycles. The van der Waals surface area contributed by atoms with Crippen LogP contribution in [0.1, 0.15) is 16.8 Å². The fourth-order valence-electron chi connectivity index (χ4n) is 3.68. The zero-order valence-electron chi connectivity index (χ0n) is 19.0. The second kappa shape index (κ2) is 9.46. The van der Waals surface area contributed by atoms with Gasteiger partial charge in [-0.2, -0.15) is 13.2 Å². The molecule has 6 nitrogen and oxygen atoms in total. The lowest BCUT2D eigenvalue weighted by Crippen LogP contribution is -2.14. The molecule has 5 aromatic rings. The highest BCUT2D eigenvalue weighted by atomic mass is 32.1. The van der Waals surface area contributed by atoms with E-state index in [-0.39, 0.29) is 18.0 Å². The number of fused-ring (bicyclic) bond motifs is 1. The molecule has 3 aromatic carbocycles. The van der Waals surface area contributed by atoms with Crippen molar-refractivity contribution in [2.45, 2.75) is 19.5 Å². The third kappa shape index (κ3) is 5.38. The van der Waals surface area contributed by atoms with Gasteiger partial charge in [-0.15, -0.1) is 11.3 Å². The van der Waals surface area contributed by atoms with Crippen LogP contribution < -0.4 is 10.6 Å². The number of aromatic nitrogens is 3. The maximum atomic E-state index is 12.9. The van der Waals surface area contributed by atoms with E-state index in [1.807, 2.05) is 37.3 Å². The number of nitrogens with one attached hydrogen (secondary N) is 3. The van der Waals surface area contributed by atoms with Crippen molar-refractivity contribution < 1.29 is 18.0 Å². The second-order valence-electron chi connectivity index (χ2n) is 8.26. The van der Waals surface area contributed by atoms with Gasteiger partial charge in [-0.05, 0) is 67.1 Å². The van der Waals surface area contributed by atoms with E-state index in [2.05, 4.69) is 25.6 Å². The average molecular weight is 508 g/mol. The Hall–Kier alpha value is -4.18. The molecule has 0 aliphatic heterocycles. The summed E-state index contributed by atoms with van der Waals surface area (Å²) in [5, 5.41) is 7.80. The minimum absolute atomic E-state index is 0.0332. The Kier molecular flexibility index (Phi) is 6.19. The summed E-state index contributed by atoms with van der Waals surface area (Å²) in [7, 11) is 0. The van der Waals surface area contributed by atoms with Crippen LogP contribution in [0.5, 0.6) is 0 Å². The predicted molar refractivity (Wildman–Crippen MR) is 135 cm³/mol. The summed E-state index contributed by atoms with van der Waals surface area (Å²) in [4.78, 5) is 24.7. The monoisotopic (exact) mass is 507 g/mol. The Morgan fingerprint density at radius 1 is 1.00 bits per heavy atom. The highest BCUT2D eigenvalue weighted by molar-refractivity contribution is 7.13. The summed E-state index contributed by atoms with van der Waals surface area (Å²) in [6.45, 7) is 2.02. The molecule has 0 radical (unpaired) electrons. The number of thiazole rings is 1. The molecule has 2 heterocycles. The molecule has 0 fully saturated rings. The molecule has 0 saturated carbocycles. The molecule has 1 amide bonds. The summed E-state index contributed by atoms with van der Waals surface area (Å²) in [5.41, 5.74) is 4.57. The topological polar surface area (TPSA) is 82.7 Å². The van der Waals surface area contributed by atoms with Crippen LogP contribution in [0.15, 0.2) is 72.1 Å². The number of alkyl halides is 3. The van der Waals surface area contributed by atoms with Crippen molar-refractivity contribution in [1.29, 1.82) is 0 Å². The van der Waals surface area contributed by atoms with E-state index in [9.17, 15) is 18.0 Å². The van der Waals surface area contributed by atoms with Gasteiger partial charge in [0, 0.05) is 22.3 Å². The van der Waals surface area contributed by atoms with Crippen molar-refractivity contribution in [2.24, 2.45) is 0 Å². The Morgan fingerprint density at radius 2 is 1.81 bits per heavy atom. The van der Waals surface area contributed by atoms with Crippen LogP contribution in [0.25, 0.3) is 22.4 Å². The van der Waals surface area contributed by atoms with Crippen LogP contribution in [-0.2, 0) is 17.4 Å². The van der Waals surface area contributed by atoms with Gasteiger partial charge >= 0.3 is 6.18 Å². The molecule has 182 valence electrons. The minimum atomic E-state index is -4.42. The molecule has 0 unspecified atom stereocenters. The number of carbonyl (C=O) groups is 1. The fraction of sp³-hybridized carbons (Fsp3) is 0.115. The van der Waals surface area contributed by atoms with Gasteiger partial charge in [-0.3, -0.25) is 4.79 Å². The van der Waals surface area contributed by atoms with Gasteiger partial charge in [-0.1, -0.05) is 12.1 Å². The zero-order chi connectivity index (χ0) is 25.3. The molecule has 0 bridgehead atoms. The van der Waals surface area contributed by atoms with Gasteiger partial charge in [0.25, 0.3) is 0 Å². The quantitative estimate of drug-likeness (QED) is 0.233. The molecule has 5 rings (SSSR count). The SMILES string of the molecule is Cc1ccc2nc(-c3ccc(NC(=O)Cc4csc(Nc5cccc(C(F)(F)F)c5)n4)cc3)[nH]c2c1. The van der Waals surface area contributed by atoms with Gasteiger partial charge in [-0.25, -0.2) is 9.97 Å². The number of anilines is 3. The largest absolute Gasteiger partial charge is 0.416 e. The number of imidazole rings is 1. The number of aromatic amines is 1. The molecular weight excluding hydrogens is 487 g/mol. The Bertz CT molecular complexity index is 1540. The second-order valence-corrected chi connectivity index (χ2v) is 9.11. The first kappa shape index (κ1) is 23.6. The van der Waals surface area contributed by atoms with Crippen molar-refractivity contribution in [3.05, 3.63) is 88.9 Å². The molecule has 0 atom stereocenters. The van der Waals surface area contributed by atoms with Crippen LogP contribution in [0.2, 0.25) is 0 Å². The highest BCUT2D eigenvalue weighted by Crippen LogP contribution is 2.32. The van der Waals surface area contributed by atoms with Crippen LogP contribution in [0, 0.1) is 6.92 Å². The van der Waals surface area contributed by atoms with Crippen molar-refractivity contribution in [1.82, 2.24) is 15.0 Å². The van der Waals surface area contributed by atoms with Crippen molar-refractivity contribution in [2.75, 3.05) is 10.6 Å². The summed E-state index contributed by atoms with van der Waals surface area (Å²) in [6.07, 6.45) is -4.39. The van der Waals surface area contributed by atoms with Gasteiger partial charge in [0.15, 0.2) is 5.13 Å². The lowest BCUT2D eigenvalue weighted by atomic mass is 10.2. The van der Waals surface area contributed by atoms with Crippen LogP contribution in [0.4, 0.5) is 29.7 Å². The molecule has 3 N–H and O–H groups in total. The van der Waals surface area contributed by atoms with E-state index >= 15 is 0 Å². The number of nitrogens with zero attached hydrogens (tertiary/aromatic N) is 2. The molecule has 10 heteroatoms.